The normalized spacial score (nSPS) is 10.8. The quantitative estimate of drug-likeness (QED) is 0.236. The molecule has 0 unspecified atom stereocenters. The summed E-state index contributed by atoms with van der Waals surface area (Å²) in [4.78, 5) is 33.6. The van der Waals surface area contributed by atoms with E-state index in [-0.39, 0.29) is 24.4 Å². The van der Waals surface area contributed by atoms with Crippen molar-refractivity contribution < 1.29 is 32.8 Å². The first-order chi connectivity index (χ1) is 16.2. The maximum atomic E-state index is 12.5. The van der Waals surface area contributed by atoms with E-state index in [1.54, 1.807) is 12.1 Å². The fourth-order valence-corrected chi connectivity index (χ4v) is 3.84. The standard InChI is InChI=1S/C22H19N3O8S/c26-20-11-10-18(12-19(20)25(29)30)34(31,32)24-17-8-6-16(7-9-17)22(28)23-13-21(27)33-14-15-4-2-1-3-5-15/h1-12,24,26H,13-14H2,(H,23,28). The SMILES string of the molecule is O=C(CNC(=O)c1ccc(NS(=O)(=O)c2ccc(O)c([N+](=O)[O-])c2)cc1)OCc1ccccc1. The highest BCUT2D eigenvalue weighted by molar-refractivity contribution is 7.92. The molecule has 0 aliphatic rings. The maximum absolute atomic E-state index is 12.5. The molecule has 0 atom stereocenters. The van der Waals surface area contributed by atoms with Crippen molar-refractivity contribution in [2.75, 3.05) is 11.3 Å². The van der Waals surface area contributed by atoms with Gasteiger partial charge in [0, 0.05) is 17.3 Å². The molecule has 0 heterocycles. The minimum atomic E-state index is -4.20. The van der Waals surface area contributed by atoms with E-state index < -0.39 is 43.2 Å². The summed E-state index contributed by atoms with van der Waals surface area (Å²) in [6, 6.07) is 17.0. The molecule has 0 aliphatic heterocycles. The van der Waals surface area contributed by atoms with Gasteiger partial charge >= 0.3 is 11.7 Å². The molecule has 3 N–H and O–H groups in total. The summed E-state index contributed by atoms with van der Waals surface area (Å²) in [7, 11) is -4.20. The third kappa shape index (κ3) is 6.29. The number of hydrogen-bond acceptors (Lipinski definition) is 8. The Morgan fingerprint density at radius 3 is 2.32 bits per heavy atom. The number of carbonyl (C=O) groups excluding carboxylic acids is 2. The lowest BCUT2D eigenvalue weighted by atomic mass is 10.2. The zero-order valence-corrected chi connectivity index (χ0v) is 18.3. The second kappa shape index (κ2) is 10.4. The fraction of sp³-hybridized carbons (Fsp3) is 0.0909. The molecule has 0 aromatic heterocycles. The first-order valence-corrected chi connectivity index (χ1v) is 11.2. The predicted molar refractivity (Wildman–Crippen MR) is 121 cm³/mol. The van der Waals surface area contributed by atoms with Crippen LogP contribution >= 0.6 is 0 Å². The number of carbonyl (C=O) groups is 2. The average molecular weight is 485 g/mol. The van der Waals surface area contributed by atoms with Gasteiger partial charge in [-0.25, -0.2) is 8.42 Å². The Morgan fingerprint density at radius 2 is 1.68 bits per heavy atom. The summed E-state index contributed by atoms with van der Waals surface area (Å²) >= 11 is 0. The predicted octanol–water partition coefficient (Wildman–Crippen LogP) is 2.57. The molecule has 0 saturated heterocycles. The first kappa shape index (κ1) is 24.2. The smallest absolute Gasteiger partial charge is 0.325 e. The van der Waals surface area contributed by atoms with Crippen LogP contribution in [0.5, 0.6) is 5.75 Å². The van der Waals surface area contributed by atoms with Gasteiger partial charge in [0.25, 0.3) is 15.9 Å². The van der Waals surface area contributed by atoms with Crippen LogP contribution in [0.2, 0.25) is 0 Å². The van der Waals surface area contributed by atoms with E-state index >= 15 is 0 Å². The number of nitro benzene ring substituents is 1. The number of nitrogens with zero attached hydrogens (tertiary/aromatic N) is 1. The summed E-state index contributed by atoms with van der Waals surface area (Å²) in [6.07, 6.45) is 0. The molecule has 0 spiro atoms. The molecule has 1 amide bonds. The highest BCUT2D eigenvalue weighted by Crippen LogP contribution is 2.29. The van der Waals surface area contributed by atoms with E-state index in [1.165, 1.54) is 24.3 Å². The number of rotatable bonds is 9. The number of aromatic hydroxyl groups is 1. The topological polar surface area (TPSA) is 165 Å². The monoisotopic (exact) mass is 485 g/mol. The maximum Gasteiger partial charge on any atom is 0.325 e. The van der Waals surface area contributed by atoms with Gasteiger partial charge in [0.1, 0.15) is 13.2 Å². The van der Waals surface area contributed by atoms with Crippen LogP contribution in [-0.4, -0.2) is 36.9 Å². The molecule has 0 aliphatic carbocycles. The lowest BCUT2D eigenvalue weighted by molar-refractivity contribution is -0.386. The van der Waals surface area contributed by atoms with Crippen molar-refractivity contribution in [3.8, 4) is 5.75 Å². The molecular formula is C22H19N3O8S. The third-order valence-corrected chi connectivity index (χ3v) is 5.87. The molecule has 0 bridgehead atoms. The molecule has 3 aromatic carbocycles. The Balaban J connectivity index is 1.57. The van der Waals surface area contributed by atoms with Crippen LogP contribution in [0.3, 0.4) is 0 Å². The lowest BCUT2D eigenvalue weighted by Gasteiger charge is -2.10. The van der Waals surface area contributed by atoms with Crippen LogP contribution in [-0.2, 0) is 26.2 Å². The van der Waals surface area contributed by atoms with Gasteiger partial charge in [-0.15, -0.1) is 0 Å². The number of phenolic OH excluding ortho intramolecular Hbond substituents is 1. The van der Waals surface area contributed by atoms with Crippen LogP contribution < -0.4 is 10.0 Å². The number of anilines is 1. The lowest BCUT2D eigenvalue weighted by Crippen LogP contribution is -2.30. The number of hydrogen-bond donors (Lipinski definition) is 3. The zero-order valence-electron chi connectivity index (χ0n) is 17.5. The van der Waals surface area contributed by atoms with Crippen molar-refractivity contribution in [1.29, 1.82) is 0 Å². The van der Waals surface area contributed by atoms with Crippen LogP contribution in [0.25, 0.3) is 0 Å². The minimum absolute atomic E-state index is 0.0779. The molecule has 34 heavy (non-hydrogen) atoms. The number of nitro groups is 1. The van der Waals surface area contributed by atoms with Crippen molar-refractivity contribution in [3.05, 3.63) is 94.0 Å². The highest BCUT2D eigenvalue weighted by atomic mass is 32.2. The summed E-state index contributed by atoms with van der Waals surface area (Å²) in [5.74, 6) is -1.85. The molecule has 12 heteroatoms. The van der Waals surface area contributed by atoms with Crippen LogP contribution in [0.15, 0.2) is 77.7 Å². The van der Waals surface area contributed by atoms with E-state index in [9.17, 15) is 33.2 Å². The largest absolute Gasteiger partial charge is 0.502 e. The first-order valence-electron chi connectivity index (χ1n) is 9.74. The Morgan fingerprint density at radius 1 is 1.00 bits per heavy atom. The van der Waals surface area contributed by atoms with E-state index in [4.69, 9.17) is 4.74 Å². The number of amides is 1. The fourth-order valence-electron chi connectivity index (χ4n) is 2.76. The van der Waals surface area contributed by atoms with E-state index in [2.05, 4.69) is 10.0 Å². The Hall–Kier alpha value is -4.45. The molecule has 11 nitrogen and oxygen atoms in total. The van der Waals surface area contributed by atoms with E-state index in [0.717, 1.165) is 23.8 Å². The summed E-state index contributed by atoms with van der Waals surface area (Å²) in [5.41, 5.74) is 0.313. The summed E-state index contributed by atoms with van der Waals surface area (Å²) < 4.78 is 32.3. The second-order valence-electron chi connectivity index (χ2n) is 6.92. The number of nitrogens with one attached hydrogen (secondary N) is 2. The van der Waals surface area contributed by atoms with Gasteiger partial charge in [-0.3, -0.25) is 24.4 Å². The minimum Gasteiger partial charge on any atom is -0.502 e. The molecular weight excluding hydrogens is 466 g/mol. The van der Waals surface area contributed by atoms with Gasteiger partial charge in [0.05, 0.1) is 9.82 Å². The number of sulfonamides is 1. The van der Waals surface area contributed by atoms with Gasteiger partial charge in [-0.2, -0.15) is 0 Å². The second-order valence-corrected chi connectivity index (χ2v) is 8.60. The average Bonchev–Trinajstić information content (AvgIpc) is 2.82. The number of ether oxygens (including phenoxy) is 1. The summed E-state index contributed by atoms with van der Waals surface area (Å²) in [6.45, 7) is -0.270. The Kier molecular flexibility index (Phi) is 7.43. The van der Waals surface area contributed by atoms with Gasteiger partial charge in [0.15, 0.2) is 5.75 Å². The van der Waals surface area contributed by atoms with Crippen molar-refractivity contribution in [2.45, 2.75) is 11.5 Å². The molecule has 0 radical (unpaired) electrons. The zero-order chi connectivity index (χ0) is 24.7. The van der Waals surface area contributed by atoms with Crippen LogP contribution in [0, 0.1) is 10.1 Å². The van der Waals surface area contributed by atoms with Crippen molar-refractivity contribution in [1.82, 2.24) is 5.32 Å². The summed E-state index contributed by atoms with van der Waals surface area (Å²) in [5, 5.41) is 22.8. The van der Waals surface area contributed by atoms with Gasteiger partial charge < -0.3 is 15.2 Å². The van der Waals surface area contributed by atoms with Gasteiger partial charge in [-0.1, -0.05) is 30.3 Å². The number of benzene rings is 3. The van der Waals surface area contributed by atoms with E-state index in [1.807, 2.05) is 18.2 Å². The number of phenols is 1. The molecule has 3 aromatic rings. The molecule has 3 rings (SSSR count). The van der Waals surface area contributed by atoms with E-state index in [0.29, 0.717) is 0 Å². The number of esters is 1. The highest BCUT2D eigenvalue weighted by Gasteiger charge is 2.21. The van der Waals surface area contributed by atoms with Gasteiger partial charge in [0.2, 0.25) is 0 Å². The molecule has 0 saturated carbocycles. The third-order valence-electron chi connectivity index (χ3n) is 4.49. The molecule has 0 fully saturated rings. The van der Waals surface area contributed by atoms with Crippen LogP contribution in [0.1, 0.15) is 15.9 Å². The Bertz CT molecular complexity index is 1310. The Labute approximate surface area is 194 Å². The van der Waals surface area contributed by atoms with Crippen LogP contribution in [0.4, 0.5) is 11.4 Å². The van der Waals surface area contributed by atoms with Crippen molar-refractivity contribution in [3.63, 3.8) is 0 Å². The van der Waals surface area contributed by atoms with Gasteiger partial charge in [-0.05, 0) is 42.0 Å². The van der Waals surface area contributed by atoms with Crippen molar-refractivity contribution in [2.24, 2.45) is 0 Å². The molecule has 176 valence electrons. The van der Waals surface area contributed by atoms with Crippen molar-refractivity contribution >= 4 is 33.3 Å².